The summed E-state index contributed by atoms with van der Waals surface area (Å²) >= 11 is 0. The average molecular weight is 378 g/mol. The van der Waals surface area contributed by atoms with Gasteiger partial charge in [0.1, 0.15) is 5.82 Å². The third-order valence-corrected chi connectivity index (χ3v) is 5.25. The molecule has 1 atom stereocenters. The molecule has 2 fully saturated rings. The number of para-hydroxylation sites is 1. The molecular weight excluding hydrogens is 345 g/mol. The first kappa shape index (κ1) is 19.9. The van der Waals surface area contributed by atoms with Crippen LogP contribution in [0.5, 0.6) is 0 Å². The lowest BCUT2D eigenvalue weighted by Crippen LogP contribution is -2.47. The third-order valence-electron chi connectivity index (χ3n) is 5.25. The van der Waals surface area contributed by atoms with Crippen LogP contribution in [0.2, 0.25) is 0 Å². The molecule has 27 heavy (non-hydrogen) atoms. The molecule has 2 heterocycles. The second-order valence-corrected chi connectivity index (χ2v) is 7.15. The van der Waals surface area contributed by atoms with E-state index in [1.165, 1.54) is 6.07 Å². The van der Waals surface area contributed by atoms with Crippen molar-refractivity contribution in [2.45, 2.75) is 25.4 Å². The maximum Gasteiger partial charge on any atom is 0.191 e. The fourth-order valence-electron chi connectivity index (χ4n) is 3.67. The van der Waals surface area contributed by atoms with Crippen molar-refractivity contribution in [3.8, 4) is 0 Å². The second kappa shape index (κ2) is 10.5. The Morgan fingerprint density at radius 2 is 2.04 bits per heavy atom. The van der Waals surface area contributed by atoms with Gasteiger partial charge in [0.25, 0.3) is 0 Å². The average Bonchev–Trinajstić information content (AvgIpc) is 3.22. The zero-order valence-electron chi connectivity index (χ0n) is 16.3. The Morgan fingerprint density at radius 1 is 1.22 bits per heavy atom. The van der Waals surface area contributed by atoms with Crippen molar-refractivity contribution in [2.24, 2.45) is 4.99 Å². The van der Waals surface area contributed by atoms with E-state index in [0.717, 1.165) is 83.3 Å². The van der Waals surface area contributed by atoms with Crippen LogP contribution in [0, 0.1) is 5.82 Å². The smallest absolute Gasteiger partial charge is 0.191 e. The molecule has 0 aromatic heterocycles. The molecule has 2 N–H and O–H groups in total. The van der Waals surface area contributed by atoms with Crippen molar-refractivity contribution in [3.05, 3.63) is 30.1 Å². The highest BCUT2D eigenvalue weighted by molar-refractivity contribution is 5.79. The largest absolute Gasteiger partial charge is 0.376 e. The van der Waals surface area contributed by atoms with Crippen LogP contribution in [0.3, 0.4) is 0 Å². The summed E-state index contributed by atoms with van der Waals surface area (Å²) in [6.45, 7) is 7.32. The van der Waals surface area contributed by atoms with Crippen molar-refractivity contribution >= 4 is 11.6 Å². The van der Waals surface area contributed by atoms with Gasteiger partial charge in [0.2, 0.25) is 0 Å². The number of hydrogen-bond acceptors (Lipinski definition) is 4. The molecule has 0 aliphatic carbocycles. The van der Waals surface area contributed by atoms with Gasteiger partial charge in [-0.05, 0) is 37.9 Å². The zero-order chi connectivity index (χ0) is 18.9. The highest BCUT2D eigenvalue weighted by Crippen LogP contribution is 2.20. The van der Waals surface area contributed by atoms with Gasteiger partial charge < -0.3 is 20.3 Å². The van der Waals surface area contributed by atoms with Crippen molar-refractivity contribution < 1.29 is 9.13 Å². The van der Waals surface area contributed by atoms with Crippen molar-refractivity contribution in [1.29, 1.82) is 0 Å². The van der Waals surface area contributed by atoms with E-state index in [9.17, 15) is 4.39 Å². The third kappa shape index (κ3) is 6.07. The van der Waals surface area contributed by atoms with Gasteiger partial charge in [0.05, 0.1) is 11.8 Å². The second-order valence-electron chi connectivity index (χ2n) is 7.15. The highest BCUT2D eigenvalue weighted by Gasteiger charge is 2.19. The summed E-state index contributed by atoms with van der Waals surface area (Å²) in [5.41, 5.74) is 0.722. The SMILES string of the molecule is CN=C(NCCCN1CCN(c2ccccc2F)CC1)NCC1CCCO1. The van der Waals surface area contributed by atoms with Crippen LogP contribution in [-0.4, -0.2) is 76.4 Å². The van der Waals surface area contributed by atoms with Crippen molar-refractivity contribution in [2.75, 3.05) is 64.4 Å². The van der Waals surface area contributed by atoms with Crippen LogP contribution >= 0.6 is 0 Å². The van der Waals surface area contributed by atoms with E-state index in [-0.39, 0.29) is 5.82 Å². The summed E-state index contributed by atoms with van der Waals surface area (Å²) in [4.78, 5) is 8.85. The van der Waals surface area contributed by atoms with Crippen LogP contribution in [-0.2, 0) is 4.74 Å². The summed E-state index contributed by atoms with van der Waals surface area (Å²) in [6.07, 6.45) is 3.65. The number of halogens is 1. The van der Waals surface area contributed by atoms with E-state index in [2.05, 4.69) is 25.4 Å². The molecule has 2 aliphatic rings. The Labute approximate surface area is 161 Å². The maximum atomic E-state index is 13.9. The normalized spacial score (nSPS) is 21.5. The molecule has 0 radical (unpaired) electrons. The van der Waals surface area contributed by atoms with E-state index in [1.807, 2.05) is 12.1 Å². The van der Waals surface area contributed by atoms with Crippen LogP contribution in [0.4, 0.5) is 10.1 Å². The number of nitrogens with one attached hydrogen (secondary N) is 2. The Morgan fingerprint density at radius 3 is 2.74 bits per heavy atom. The Hall–Kier alpha value is -1.86. The lowest BCUT2D eigenvalue weighted by Gasteiger charge is -2.36. The molecule has 1 aromatic carbocycles. The molecule has 2 saturated heterocycles. The predicted molar refractivity (Wildman–Crippen MR) is 108 cm³/mol. The zero-order valence-corrected chi connectivity index (χ0v) is 16.3. The summed E-state index contributed by atoms with van der Waals surface area (Å²) < 4.78 is 19.5. The van der Waals surface area contributed by atoms with E-state index in [4.69, 9.17) is 4.74 Å². The first-order valence-corrected chi connectivity index (χ1v) is 10.0. The number of aliphatic imine (C=N–C) groups is 1. The number of anilines is 1. The van der Waals surface area contributed by atoms with Crippen molar-refractivity contribution in [3.63, 3.8) is 0 Å². The molecule has 1 aromatic rings. The molecule has 0 amide bonds. The number of rotatable bonds is 7. The quantitative estimate of drug-likeness (QED) is 0.430. The van der Waals surface area contributed by atoms with Gasteiger partial charge in [0, 0.05) is 52.9 Å². The van der Waals surface area contributed by atoms with E-state index in [1.54, 1.807) is 13.1 Å². The van der Waals surface area contributed by atoms with E-state index < -0.39 is 0 Å². The lowest BCUT2D eigenvalue weighted by molar-refractivity contribution is 0.114. The summed E-state index contributed by atoms with van der Waals surface area (Å²) in [5.74, 6) is 0.715. The van der Waals surface area contributed by atoms with Crippen molar-refractivity contribution in [1.82, 2.24) is 15.5 Å². The van der Waals surface area contributed by atoms with Crippen LogP contribution < -0.4 is 15.5 Å². The summed E-state index contributed by atoms with van der Waals surface area (Å²) in [7, 11) is 1.80. The number of hydrogen-bond donors (Lipinski definition) is 2. The van der Waals surface area contributed by atoms with Gasteiger partial charge in [-0.2, -0.15) is 0 Å². The molecule has 0 bridgehead atoms. The first-order valence-electron chi connectivity index (χ1n) is 10.0. The Balaban J connectivity index is 1.29. The number of guanidine groups is 1. The molecule has 3 rings (SSSR count). The standard InChI is InChI=1S/C20H32FN5O/c1-22-20(24-16-17-6-4-15-27-17)23-9-5-10-25-11-13-26(14-12-25)19-8-3-2-7-18(19)21/h2-3,7-8,17H,4-6,9-16H2,1H3,(H2,22,23,24). The molecule has 1 unspecified atom stereocenters. The Kier molecular flexibility index (Phi) is 7.71. The molecule has 150 valence electrons. The van der Waals surface area contributed by atoms with Gasteiger partial charge in [-0.3, -0.25) is 9.89 Å². The molecular formula is C20H32FN5O. The van der Waals surface area contributed by atoms with Gasteiger partial charge in [-0.25, -0.2) is 4.39 Å². The maximum absolute atomic E-state index is 13.9. The topological polar surface area (TPSA) is 52.1 Å². The highest BCUT2D eigenvalue weighted by atomic mass is 19.1. The van der Waals surface area contributed by atoms with Crippen LogP contribution in [0.25, 0.3) is 0 Å². The molecule has 6 nitrogen and oxygen atoms in total. The van der Waals surface area contributed by atoms with Gasteiger partial charge in [0.15, 0.2) is 5.96 Å². The molecule has 2 aliphatic heterocycles. The fourth-order valence-corrected chi connectivity index (χ4v) is 3.67. The minimum absolute atomic E-state index is 0.128. The summed E-state index contributed by atoms with van der Waals surface area (Å²) in [6, 6.07) is 7.04. The van der Waals surface area contributed by atoms with E-state index in [0.29, 0.717) is 6.10 Å². The Bertz CT molecular complexity index is 598. The predicted octanol–water partition coefficient (Wildman–Crippen LogP) is 1.68. The summed E-state index contributed by atoms with van der Waals surface area (Å²) in [5, 5.41) is 6.71. The van der Waals surface area contributed by atoms with Gasteiger partial charge in [-0.1, -0.05) is 12.1 Å². The monoisotopic (exact) mass is 377 g/mol. The minimum atomic E-state index is -0.128. The van der Waals surface area contributed by atoms with Crippen LogP contribution in [0.1, 0.15) is 19.3 Å². The molecule has 0 saturated carbocycles. The van der Waals surface area contributed by atoms with Gasteiger partial charge in [-0.15, -0.1) is 0 Å². The molecule has 7 heteroatoms. The first-order chi connectivity index (χ1) is 13.3. The van der Waals surface area contributed by atoms with Crippen LogP contribution in [0.15, 0.2) is 29.3 Å². The number of ether oxygens (including phenoxy) is 1. The lowest BCUT2D eigenvalue weighted by atomic mass is 10.2. The van der Waals surface area contributed by atoms with Gasteiger partial charge >= 0.3 is 0 Å². The number of piperazine rings is 1. The van der Waals surface area contributed by atoms with E-state index >= 15 is 0 Å². The fraction of sp³-hybridized carbons (Fsp3) is 0.650. The number of nitrogens with zero attached hydrogens (tertiary/aromatic N) is 3. The number of benzene rings is 1. The molecule has 0 spiro atoms. The minimum Gasteiger partial charge on any atom is -0.376 e.